The van der Waals surface area contributed by atoms with Gasteiger partial charge in [-0.3, -0.25) is 0 Å². The second-order valence-electron chi connectivity index (χ2n) is 4.93. The van der Waals surface area contributed by atoms with E-state index < -0.39 is 23.7 Å². The molecule has 1 aliphatic rings. The molecule has 20 heavy (non-hydrogen) atoms. The van der Waals surface area contributed by atoms with Gasteiger partial charge in [-0.05, 0) is 17.7 Å². The zero-order valence-corrected chi connectivity index (χ0v) is 10.7. The van der Waals surface area contributed by atoms with Gasteiger partial charge >= 0.3 is 6.18 Å². The number of alkyl halides is 3. The lowest BCUT2D eigenvalue weighted by Crippen LogP contribution is -2.30. The fourth-order valence-corrected chi connectivity index (χ4v) is 2.23. The van der Waals surface area contributed by atoms with Crippen LogP contribution in [-0.2, 0) is 12.7 Å². The topological polar surface area (TPSA) is 44.3 Å². The highest BCUT2D eigenvalue weighted by molar-refractivity contribution is 5.27. The number of aliphatic hydroxyl groups is 1. The number of hydrogen-bond acceptors (Lipinski definition) is 3. The van der Waals surface area contributed by atoms with Crippen molar-refractivity contribution in [1.82, 2.24) is 10.6 Å². The third-order valence-electron chi connectivity index (χ3n) is 3.38. The van der Waals surface area contributed by atoms with E-state index in [1.165, 1.54) is 6.07 Å². The normalized spacial score (nSPS) is 23.2. The van der Waals surface area contributed by atoms with Crippen LogP contribution in [0.4, 0.5) is 17.6 Å². The molecule has 7 heteroatoms. The maximum atomic E-state index is 13.1. The van der Waals surface area contributed by atoms with Crippen LogP contribution in [0.3, 0.4) is 0 Å². The summed E-state index contributed by atoms with van der Waals surface area (Å²) >= 11 is 0. The second-order valence-corrected chi connectivity index (χ2v) is 4.93. The lowest BCUT2D eigenvalue weighted by Gasteiger charge is -2.15. The summed E-state index contributed by atoms with van der Waals surface area (Å²) in [5, 5.41) is 15.6. The Bertz CT molecular complexity index is 464. The lowest BCUT2D eigenvalue weighted by molar-refractivity contribution is -0.140. The van der Waals surface area contributed by atoms with Gasteiger partial charge in [0, 0.05) is 32.1 Å². The van der Waals surface area contributed by atoms with Crippen molar-refractivity contribution in [3.05, 3.63) is 35.1 Å². The molecule has 3 N–H and O–H groups in total. The van der Waals surface area contributed by atoms with Crippen molar-refractivity contribution in [2.24, 2.45) is 5.92 Å². The molecule has 1 saturated heterocycles. The molecule has 0 radical (unpaired) electrons. The Balaban J connectivity index is 1.93. The van der Waals surface area contributed by atoms with Crippen LogP contribution in [-0.4, -0.2) is 30.8 Å². The molecule has 1 aromatic rings. The molecule has 1 heterocycles. The smallest absolute Gasteiger partial charge is 0.391 e. The van der Waals surface area contributed by atoms with Crippen LogP contribution in [0, 0.1) is 11.7 Å². The van der Waals surface area contributed by atoms with Crippen LogP contribution in [0.1, 0.15) is 11.1 Å². The van der Waals surface area contributed by atoms with Crippen molar-refractivity contribution in [1.29, 1.82) is 0 Å². The first-order valence-corrected chi connectivity index (χ1v) is 6.33. The molecule has 1 fully saturated rings. The Morgan fingerprint density at radius 1 is 1.30 bits per heavy atom. The third-order valence-corrected chi connectivity index (χ3v) is 3.38. The summed E-state index contributed by atoms with van der Waals surface area (Å²) < 4.78 is 50.7. The Kier molecular flexibility index (Phi) is 4.62. The minimum absolute atomic E-state index is 0.0394. The molecule has 0 bridgehead atoms. The van der Waals surface area contributed by atoms with Crippen molar-refractivity contribution in [2.75, 3.05) is 19.6 Å². The average Bonchev–Trinajstić information content (AvgIpc) is 2.76. The Hall–Kier alpha value is -1.18. The first kappa shape index (κ1) is 15.2. The molecular formula is C13H16F4N2O. The van der Waals surface area contributed by atoms with Crippen LogP contribution in [0.25, 0.3) is 0 Å². The molecule has 112 valence electrons. The van der Waals surface area contributed by atoms with Gasteiger partial charge < -0.3 is 15.7 Å². The number of β-amino-alcohol motifs (C(OH)–C–C–N with tert-alkyl or cyclic N) is 1. The number of halogens is 4. The number of aliphatic hydroxyl groups excluding tert-OH is 1. The maximum absolute atomic E-state index is 13.1. The molecule has 0 amide bonds. The Labute approximate surface area is 114 Å². The molecular weight excluding hydrogens is 276 g/mol. The van der Waals surface area contributed by atoms with Crippen LogP contribution >= 0.6 is 0 Å². The summed E-state index contributed by atoms with van der Waals surface area (Å²) in [6, 6.07) is 2.96. The summed E-state index contributed by atoms with van der Waals surface area (Å²) in [5.74, 6) is -1.23. The van der Waals surface area contributed by atoms with E-state index in [4.69, 9.17) is 0 Å². The van der Waals surface area contributed by atoms with E-state index in [0.717, 1.165) is 12.1 Å². The molecule has 1 aliphatic heterocycles. The van der Waals surface area contributed by atoms with Gasteiger partial charge in [-0.15, -0.1) is 0 Å². The van der Waals surface area contributed by atoms with Crippen molar-refractivity contribution < 1.29 is 22.7 Å². The Morgan fingerprint density at radius 3 is 2.65 bits per heavy atom. The quantitative estimate of drug-likeness (QED) is 0.737. The zero-order valence-electron chi connectivity index (χ0n) is 10.7. The summed E-state index contributed by atoms with van der Waals surface area (Å²) in [5.41, 5.74) is -0.890. The van der Waals surface area contributed by atoms with Gasteiger partial charge in [0.1, 0.15) is 5.82 Å². The van der Waals surface area contributed by atoms with Crippen LogP contribution in [0.5, 0.6) is 0 Å². The van der Waals surface area contributed by atoms with E-state index in [0.29, 0.717) is 25.2 Å². The number of rotatable bonds is 4. The number of hydrogen-bond donors (Lipinski definition) is 3. The second kappa shape index (κ2) is 6.07. The van der Waals surface area contributed by atoms with E-state index in [2.05, 4.69) is 10.6 Å². The SMILES string of the molecule is OC1CNCC1CNCc1ccc(F)c(C(F)(F)F)c1. The van der Waals surface area contributed by atoms with Gasteiger partial charge in [-0.25, -0.2) is 4.39 Å². The van der Waals surface area contributed by atoms with E-state index >= 15 is 0 Å². The largest absolute Gasteiger partial charge is 0.419 e. The van der Waals surface area contributed by atoms with Gasteiger partial charge in [0.2, 0.25) is 0 Å². The molecule has 2 atom stereocenters. The summed E-state index contributed by atoms with van der Waals surface area (Å²) in [6.07, 6.45) is -5.13. The molecule has 0 saturated carbocycles. The number of benzene rings is 1. The predicted molar refractivity (Wildman–Crippen MR) is 65.5 cm³/mol. The summed E-state index contributed by atoms with van der Waals surface area (Å²) in [6.45, 7) is 1.89. The molecule has 3 nitrogen and oxygen atoms in total. The fourth-order valence-electron chi connectivity index (χ4n) is 2.23. The third kappa shape index (κ3) is 3.68. The van der Waals surface area contributed by atoms with Crippen LogP contribution in [0.15, 0.2) is 18.2 Å². The minimum atomic E-state index is -4.69. The monoisotopic (exact) mass is 292 g/mol. The Morgan fingerprint density at radius 2 is 2.05 bits per heavy atom. The van der Waals surface area contributed by atoms with Gasteiger partial charge in [0.05, 0.1) is 11.7 Å². The lowest BCUT2D eigenvalue weighted by atomic mass is 10.1. The van der Waals surface area contributed by atoms with Gasteiger partial charge in [0.15, 0.2) is 0 Å². The summed E-state index contributed by atoms with van der Waals surface area (Å²) in [4.78, 5) is 0. The van der Waals surface area contributed by atoms with E-state index in [1.54, 1.807) is 0 Å². The van der Waals surface area contributed by atoms with Crippen LogP contribution < -0.4 is 10.6 Å². The van der Waals surface area contributed by atoms with Crippen molar-refractivity contribution in [3.8, 4) is 0 Å². The summed E-state index contributed by atoms with van der Waals surface area (Å²) in [7, 11) is 0. The molecule has 0 aliphatic carbocycles. The molecule has 0 spiro atoms. The highest BCUT2D eigenvalue weighted by Crippen LogP contribution is 2.31. The van der Waals surface area contributed by atoms with Crippen molar-refractivity contribution >= 4 is 0 Å². The van der Waals surface area contributed by atoms with E-state index in [-0.39, 0.29) is 12.5 Å². The first-order valence-electron chi connectivity index (χ1n) is 6.33. The average molecular weight is 292 g/mol. The van der Waals surface area contributed by atoms with Crippen molar-refractivity contribution in [3.63, 3.8) is 0 Å². The molecule has 2 rings (SSSR count). The fraction of sp³-hybridized carbons (Fsp3) is 0.538. The molecule has 0 aromatic heterocycles. The highest BCUT2D eigenvalue weighted by atomic mass is 19.4. The predicted octanol–water partition coefficient (Wildman–Crippen LogP) is 1.51. The van der Waals surface area contributed by atoms with E-state index in [9.17, 15) is 22.7 Å². The zero-order chi connectivity index (χ0) is 14.8. The number of nitrogens with one attached hydrogen (secondary N) is 2. The van der Waals surface area contributed by atoms with Crippen molar-refractivity contribution in [2.45, 2.75) is 18.8 Å². The standard InChI is InChI=1S/C13H16F4N2O/c14-11-2-1-8(3-10(11)13(15,16)17)4-18-5-9-6-19-7-12(9)20/h1-3,9,12,18-20H,4-7H2. The minimum Gasteiger partial charge on any atom is -0.391 e. The van der Waals surface area contributed by atoms with E-state index in [1.807, 2.05) is 0 Å². The first-order chi connectivity index (χ1) is 9.38. The van der Waals surface area contributed by atoms with Gasteiger partial charge in [0.25, 0.3) is 0 Å². The molecule has 2 unspecified atom stereocenters. The van der Waals surface area contributed by atoms with Crippen LogP contribution in [0.2, 0.25) is 0 Å². The van der Waals surface area contributed by atoms with Gasteiger partial charge in [-0.2, -0.15) is 13.2 Å². The highest BCUT2D eigenvalue weighted by Gasteiger charge is 2.34. The molecule has 1 aromatic carbocycles. The van der Waals surface area contributed by atoms with Gasteiger partial charge in [-0.1, -0.05) is 6.07 Å². The maximum Gasteiger partial charge on any atom is 0.419 e.